The Morgan fingerprint density at radius 2 is 1.46 bits per heavy atom. The average molecular weight is 521 g/mol. The Labute approximate surface area is 225 Å². The summed E-state index contributed by atoms with van der Waals surface area (Å²) in [6.07, 6.45) is 1.83. The van der Waals surface area contributed by atoms with Gasteiger partial charge in [-0.25, -0.2) is 5.48 Å². The number of amidine groups is 1. The Balaban J connectivity index is 1.53. The molecule has 196 valence electrons. The minimum Gasteiger partial charge on any atom is -0.342 e. The highest BCUT2D eigenvalue weighted by Crippen LogP contribution is 2.31. The van der Waals surface area contributed by atoms with Gasteiger partial charge in [-0.3, -0.25) is 19.4 Å². The van der Waals surface area contributed by atoms with Crippen molar-refractivity contribution in [3.8, 4) is 5.69 Å². The summed E-state index contributed by atoms with van der Waals surface area (Å²) in [4.78, 5) is 45.8. The largest absolute Gasteiger partial charge is 0.342 e. The quantitative estimate of drug-likeness (QED) is 0.138. The SMILES string of the molecule is CCn1c2ccc(C(=O)c3ccc(-n4cccc4C(C)=O)cc3)cc2c2cc(C(=NC)NOC(C)=O)ccc21. The van der Waals surface area contributed by atoms with E-state index in [0.717, 1.165) is 39.6 Å². The zero-order chi connectivity index (χ0) is 27.7. The Hall–Kier alpha value is -4.98. The fourth-order valence-corrected chi connectivity index (χ4v) is 4.92. The van der Waals surface area contributed by atoms with Gasteiger partial charge in [-0.1, -0.05) is 0 Å². The normalized spacial score (nSPS) is 11.6. The number of ketones is 2. The van der Waals surface area contributed by atoms with Crippen LogP contribution in [0.5, 0.6) is 0 Å². The molecule has 0 saturated heterocycles. The first-order chi connectivity index (χ1) is 18.8. The van der Waals surface area contributed by atoms with Crippen LogP contribution in [0.25, 0.3) is 27.5 Å². The van der Waals surface area contributed by atoms with Gasteiger partial charge in [0.15, 0.2) is 17.4 Å². The molecule has 0 bridgehead atoms. The lowest BCUT2D eigenvalue weighted by Gasteiger charge is -2.09. The topological polar surface area (TPSA) is 94.7 Å². The second-order valence-electron chi connectivity index (χ2n) is 9.17. The third-order valence-corrected chi connectivity index (χ3v) is 6.75. The summed E-state index contributed by atoms with van der Waals surface area (Å²) in [7, 11) is 1.62. The first-order valence-electron chi connectivity index (χ1n) is 12.6. The molecule has 1 N–H and O–H groups in total. The van der Waals surface area contributed by atoms with Crippen LogP contribution < -0.4 is 5.48 Å². The van der Waals surface area contributed by atoms with Gasteiger partial charge >= 0.3 is 5.97 Å². The molecule has 0 radical (unpaired) electrons. The minimum absolute atomic E-state index is 0.0256. The predicted molar refractivity (Wildman–Crippen MR) is 152 cm³/mol. The molecular formula is C31H28N4O4. The molecule has 0 atom stereocenters. The summed E-state index contributed by atoms with van der Waals surface area (Å²) < 4.78 is 4.01. The van der Waals surface area contributed by atoms with Crippen molar-refractivity contribution in [2.24, 2.45) is 4.99 Å². The summed E-state index contributed by atoms with van der Waals surface area (Å²) in [5.74, 6) is -0.165. The average Bonchev–Trinajstić information content (AvgIpc) is 3.56. The summed E-state index contributed by atoms with van der Waals surface area (Å²) in [5, 5.41) is 1.90. The molecule has 2 aromatic heterocycles. The van der Waals surface area contributed by atoms with Crippen molar-refractivity contribution in [3.63, 3.8) is 0 Å². The van der Waals surface area contributed by atoms with Crippen LogP contribution in [0.4, 0.5) is 0 Å². The smallest absolute Gasteiger partial charge is 0.329 e. The number of nitrogens with zero attached hydrogens (tertiary/aromatic N) is 3. The van der Waals surface area contributed by atoms with Crippen molar-refractivity contribution in [2.45, 2.75) is 27.3 Å². The highest BCUT2D eigenvalue weighted by Gasteiger charge is 2.17. The molecule has 0 aliphatic rings. The monoisotopic (exact) mass is 520 g/mol. The number of aromatic nitrogens is 2. The molecule has 0 spiro atoms. The Morgan fingerprint density at radius 1 is 0.846 bits per heavy atom. The highest BCUT2D eigenvalue weighted by atomic mass is 16.7. The summed E-state index contributed by atoms with van der Waals surface area (Å²) >= 11 is 0. The minimum atomic E-state index is -0.469. The molecule has 2 heterocycles. The lowest BCUT2D eigenvalue weighted by molar-refractivity contribution is -0.145. The van der Waals surface area contributed by atoms with Crippen LogP contribution in [0.2, 0.25) is 0 Å². The molecule has 0 unspecified atom stereocenters. The number of aliphatic imine (C=N–C) groups is 1. The molecule has 3 aromatic carbocycles. The number of nitrogens with one attached hydrogen (secondary N) is 1. The molecule has 0 fully saturated rings. The van der Waals surface area contributed by atoms with Gasteiger partial charge in [0, 0.05) is 77.8 Å². The van der Waals surface area contributed by atoms with Gasteiger partial charge in [-0.05, 0) is 79.7 Å². The summed E-state index contributed by atoms with van der Waals surface area (Å²) in [6, 6.07) is 22.5. The van der Waals surface area contributed by atoms with Gasteiger partial charge in [0.05, 0.1) is 5.69 Å². The first kappa shape index (κ1) is 25.7. The zero-order valence-electron chi connectivity index (χ0n) is 22.2. The number of hydrogen-bond acceptors (Lipinski definition) is 5. The standard InChI is InChI=1S/C31H28N4O4/c1-5-34-28-14-10-22(30(38)21-8-12-24(13-9-21)35-16-6-7-27(35)19(2)36)17-25(28)26-18-23(11-15-29(26)34)31(32-4)33-39-20(3)37/h6-18H,5H2,1-4H3,(H,32,33). The van der Waals surface area contributed by atoms with Crippen molar-refractivity contribution in [2.75, 3.05) is 7.05 Å². The van der Waals surface area contributed by atoms with E-state index < -0.39 is 5.97 Å². The van der Waals surface area contributed by atoms with Gasteiger partial charge in [0.1, 0.15) is 0 Å². The van der Waals surface area contributed by atoms with Gasteiger partial charge in [-0.2, -0.15) is 0 Å². The van der Waals surface area contributed by atoms with E-state index in [1.807, 2.05) is 65.4 Å². The maximum atomic E-state index is 13.5. The molecule has 0 saturated carbocycles. The molecule has 8 nitrogen and oxygen atoms in total. The van der Waals surface area contributed by atoms with Crippen LogP contribution in [-0.4, -0.2) is 39.6 Å². The Kier molecular flexibility index (Phi) is 6.85. The van der Waals surface area contributed by atoms with Gasteiger partial charge < -0.3 is 14.0 Å². The highest BCUT2D eigenvalue weighted by molar-refractivity contribution is 6.16. The maximum Gasteiger partial charge on any atom is 0.329 e. The number of carbonyl (C=O) groups is 3. The number of aryl methyl sites for hydroxylation is 1. The van der Waals surface area contributed by atoms with E-state index in [9.17, 15) is 14.4 Å². The lowest BCUT2D eigenvalue weighted by atomic mass is 10.0. The van der Waals surface area contributed by atoms with E-state index in [2.05, 4.69) is 22.0 Å². The molecule has 8 heteroatoms. The van der Waals surface area contributed by atoms with Gasteiger partial charge in [-0.15, -0.1) is 0 Å². The number of fused-ring (bicyclic) bond motifs is 3. The number of hydroxylamine groups is 1. The van der Waals surface area contributed by atoms with Crippen molar-refractivity contribution in [1.29, 1.82) is 0 Å². The molecule has 5 rings (SSSR count). The third kappa shape index (κ3) is 4.72. The molecule has 0 aliphatic carbocycles. The predicted octanol–water partition coefficient (Wildman–Crippen LogP) is 5.48. The van der Waals surface area contributed by atoms with Crippen molar-refractivity contribution < 1.29 is 19.2 Å². The van der Waals surface area contributed by atoms with Crippen LogP contribution in [-0.2, 0) is 16.2 Å². The van der Waals surface area contributed by atoms with E-state index in [1.54, 1.807) is 25.2 Å². The maximum absolute atomic E-state index is 13.5. The van der Waals surface area contributed by atoms with Crippen molar-refractivity contribution in [1.82, 2.24) is 14.6 Å². The number of carbonyl (C=O) groups excluding carboxylic acids is 3. The van der Waals surface area contributed by atoms with E-state index in [-0.39, 0.29) is 11.6 Å². The van der Waals surface area contributed by atoms with Crippen LogP contribution >= 0.6 is 0 Å². The molecule has 39 heavy (non-hydrogen) atoms. The molecule has 0 aliphatic heterocycles. The van der Waals surface area contributed by atoms with Crippen LogP contribution in [0, 0.1) is 0 Å². The van der Waals surface area contributed by atoms with E-state index in [1.165, 1.54) is 13.8 Å². The van der Waals surface area contributed by atoms with E-state index in [4.69, 9.17) is 4.84 Å². The van der Waals surface area contributed by atoms with E-state index in [0.29, 0.717) is 22.7 Å². The Morgan fingerprint density at radius 3 is 2.05 bits per heavy atom. The number of benzene rings is 3. The van der Waals surface area contributed by atoms with Crippen molar-refractivity contribution >= 4 is 45.2 Å². The van der Waals surface area contributed by atoms with E-state index >= 15 is 0 Å². The Bertz CT molecular complexity index is 1770. The van der Waals surface area contributed by atoms with Crippen molar-refractivity contribution in [3.05, 3.63) is 101 Å². The number of hydrogen-bond donors (Lipinski definition) is 1. The van der Waals surface area contributed by atoms with Gasteiger partial charge in [0.25, 0.3) is 0 Å². The van der Waals surface area contributed by atoms with Crippen LogP contribution in [0.15, 0.2) is 84.0 Å². The molecular weight excluding hydrogens is 492 g/mol. The fourth-order valence-electron chi connectivity index (χ4n) is 4.92. The van der Waals surface area contributed by atoms with Crippen LogP contribution in [0.1, 0.15) is 52.7 Å². The fraction of sp³-hybridized carbons (Fsp3) is 0.161. The summed E-state index contributed by atoms with van der Waals surface area (Å²) in [6.45, 7) is 5.69. The zero-order valence-corrected chi connectivity index (χ0v) is 22.2. The number of rotatable bonds is 6. The third-order valence-electron chi connectivity index (χ3n) is 6.75. The van der Waals surface area contributed by atoms with Crippen LogP contribution in [0.3, 0.4) is 0 Å². The summed E-state index contributed by atoms with van der Waals surface area (Å²) in [5.41, 5.74) is 7.94. The molecule has 0 amide bonds. The van der Waals surface area contributed by atoms with Gasteiger partial charge in [0.2, 0.25) is 0 Å². The second-order valence-corrected chi connectivity index (χ2v) is 9.17. The lowest BCUT2D eigenvalue weighted by Crippen LogP contribution is -2.26. The number of Topliss-reactive ketones (excluding diaryl/α,β-unsaturated/α-hetero) is 1. The second kappa shape index (κ2) is 10.4. The first-order valence-corrected chi connectivity index (χ1v) is 12.6. The molecule has 5 aromatic rings.